The molecule has 0 aromatic heterocycles. The van der Waals surface area contributed by atoms with Crippen LogP contribution in [-0.2, 0) is 4.79 Å². The van der Waals surface area contributed by atoms with Gasteiger partial charge >= 0.3 is 5.97 Å². The van der Waals surface area contributed by atoms with Gasteiger partial charge in [0.1, 0.15) is 0 Å². The molecule has 1 aliphatic rings. The zero-order chi connectivity index (χ0) is 20.4. The standard InChI is InChI=1S/C23H25NO4/c1-14-8-9-17(12-15(14)2)21(25)19-6-4-5-7-20(19)22(26)24-11-10-18(23(27)28)16(3)13-24/h4-9,12,16,18H,10-11,13H2,1-3H3,(H,27,28). The van der Waals surface area contributed by atoms with Gasteiger partial charge in [-0.05, 0) is 49.4 Å². The Bertz CT molecular complexity index is 934. The van der Waals surface area contributed by atoms with Gasteiger partial charge in [-0.3, -0.25) is 14.4 Å². The average molecular weight is 379 g/mol. The van der Waals surface area contributed by atoms with Crippen LogP contribution in [0.25, 0.3) is 0 Å². The molecule has 1 aliphatic heterocycles. The van der Waals surface area contributed by atoms with Gasteiger partial charge in [-0.1, -0.05) is 37.3 Å². The van der Waals surface area contributed by atoms with Crippen molar-refractivity contribution in [2.24, 2.45) is 11.8 Å². The minimum atomic E-state index is -0.815. The van der Waals surface area contributed by atoms with Crippen LogP contribution >= 0.6 is 0 Å². The maximum atomic E-state index is 13.1. The molecular formula is C23H25NO4. The summed E-state index contributed by atoms with van der Waals surface area (Å²) < 4.78 is 0. The first-order chi connectivity index (χ1) is 13.3. The van der Waals surface area contributed by atoms with Crippen LogP contribution in [0, 0.1) is 25.7 Å². The Hall–Kier alpha value is -2.95. The summed E-state index contributed by atoms with van der Waals surface area (Å²) in [6, 6.07) is 12.4. The Balaban J connectivity index is 1.88. The lowest BCUT2D eigenvalue weighted by atomic mass is 9.86. The van der Waals surface area contributed by atoms with Crippen molar-refractivity contribution in [3.8, 4) is 0 Å². The van der Waals surface area contributed by atoms with Crippen LogP contribution in [0.4, 0.5) is 0 Å². The molecule has 0 aliphatic carbocycles. The minimum absolute atomic E-state index is 0.127. The highest BCUT2D eigenvalue weighted by molar-refractivity contribution is 6.15. The molecule has 1 amide bonds. The normalized spacial score (nSPS) is 19.3. The van der Waals surface area contributed by atoms with E-state index in [-0.39, 0.29) is 17.6 Å². The van der Waals surface area contributed by atoms with Crippen molar-refractivity contribution in [1.82, 2.24) is 4.90 Å². The molecule has 2 atom stereocenters. The highest BCUT2D eigenvalue weighted by Crippen LogP contribution is 2.26. The lowest BCUT2D eigenvalue weighted by Crippen LogP contribution is -2.45. The fraction of sp³-hybridized carbons (Fsp3) is 0.348. The number of aryl methyl sites for hydroxylation is 2. The predicted octanol–water partition coefficient (Wildman–Crippen LogP) is 3.72. The second kappa shape index (κ2) is 7.97. The van der Waals surface area contributed by atoms with Crippen LogP contribution in [0.5, 0.6) is 0 Å². The third kappa shape index (κ3) is 3.84. The van der Waals surface area contributed by atoms with E-state index in [1.165, 1.54) is 0 Å². The van der Waals surface area contributed by atoms with Crippen molar-refractivity contribution in [2.75, 3.05) is 13.1 Å². The van der Waals surface area contributed by atoms with Crippen LogP contribution in [0.3, 0.4) is 0 Å². The summed E-state index contributed by atoms with van der Waals surface area (Å²) in [5, 5.41) is 9.29. The number of carbonyl (C=O) groups is 3. The van der Waals surface area contributed by atoms with Crippen LogP contribution in [0.2, 0.25) is 0 Å². The molecule has 1 fully saturated rings. The van der Waals surface area contributed by atoms with E-state index in [1.807, 2.05) is 32.9 Å². The van der Waals surface area contributed by atoms with Crippen molar-refractivity contribution in [3.05, 3.63) is 70.3 Å². The molecule has 2 aromatic carbocycles. The number of hydrogen-bond donors (Lipinski definition) is 1. The van der Waals surface area contributed by atoms with Gasteiger partial charge in [-0.15, -0.1) is 0 Å². The Labute approximate surface area is 165 Å². The molecule has 2 unspecified atom stereocenters. The molecule has 0 spiro atoms. The third-order valence-corrected chi connectivity index (χ3v) is 5.68. The molecule has 1 N–H and O–H groups in total. The van der Waals surface area contributed by atoms with Crippen molar-refractivity contribution in [2.45, 2.75) is 27.2 Å². The van der Waals surface area contributed by atoms with Gasteiger partial charge in [0.05, 0.1) is 11.5 Å². The number of aliphatic carboxylic acids is 1. The highest BCUT2D eigenvalue weighted by Gasteiger charge is 2.34. The summed E-state index contributed by atoms with van der Waals surface area (Å²) in [5.74, 6) is -1.77. The number of nitrogens with zero attached hydrogens (tertiary/aromatic N) is 1. The number of carboxylic acid groups (broad SMARTS) is 1. The first kappa shape index (κ1) is 19.8. The smallest absolute Gasteiger partial charge is 0.306 e. The van der Waals surface area contributed by atoms with Gasteiger partial charge in [-0.25, -0.2) is 0 Å². The largest absolute Gasteiger partial charge is 0.481 e. The van der Waals surface area contributed by atoms with E-state index in [4.69, 9.17) is 0 Å². The molecule has 146 valence electrons. The van der Waals surface area contributed by atoms with E-state index in [0.29, 0.717) is 36.2 Å². The molecule has 1 saturated heterocycles. The summed E-state index contributed by atoms with van der Waals surface area (Å²) in [6.07, 6.45) is 0.426. The number of hydrogen-bond acceptors (Lipinski definition) is 3. The van der Waals surface area contributed by atoms with Gasteiger partial charge in [-0.2, -0.15) is 0 Å². The van der Waals surface area contributed by atoms with Crippen molar-refractivity contribution in [3.63, 3.8) is 0 Å². The zero-order valence-corrected chi connectivity index (χ0v) is 16.4. The molecule has 5 heteroatoms. The van der Waals surface area contributed by atoms with Crippen molar-refractivity contribution < 1.29 is 19.5 Å². The number of benzene rings is 2. The lowest BCUT2D eigenvalue weighted by Gasteiger charge is -2.35. The highest BCUT2D eigenvalue weighted by atomic mass is 16.4. The number of amides is 1. The minimum Gasteiger partial charge on any atom is -0.481 e. The molecule has 0 radical (unpaired) electrons. The fourth-order valence-electron chi connectivity index (χ4n) is 3.77. The Kier molecular flexibility index (Phi) is 5.63. The average Bonchev–Trinajstić information content (AvgIpc) is 2.68. The zero-order valence-electron chi connectivity index (χ0n) is 16.4. The summed E-state index contributed by atoms with van der Waals surface area (Å²) in [5.41, 5.74) is 3.44. The van der Waals surface area contributed by atoms with Gasteiger partial charge in [0.25, 0.3) is 5.91 Å². The summed E-state index contributed by atoms with van der Waals surface area (Å²) in [4.78, 5) is 39.2. The number of rotatable bonds is 4. The molecule has 2 aromatic rings. The van der Waals surface area contributed by atoms with Crippen molar-refractivity contribution >= 4 is 17.7 Å². The second-order valence-electron chi connectivity index (χ2n) is 7.64. The van der Waals surface area contributed by atoms with Crippen LogP contribution in [0.1, 0.15) is 50.8 Å². The van der Waals surface area contributed by atoms with E-state index in [2.05, 4.69) is 0 Å². The number of carboxylic acids is 1. The van der Waals surface area contributed by atoms with E-state index < -0.39 is 11.9 Å². The first-order valence-corrected chi connectivity index (χ1v) is 9.52. The molecule has 3 rings (SSSR count). The van der Waals surface area contributed by atoms with Gasteiger partial charge in [0, 0.05) is 24.2 Å². The van der Waals surface area contributed by atoms with Crippen LogP contribution < -0.4 is 0 Å². The maximum Gasteiger partial charge on any atom is 0.306 e. The molecule has 5 nitrogen and oxygen atoms in total. The van der Waals surface area contributed by atoms with E-state index in [1.54, 1.807) is 35.2 Å². The second-order valence-corrected chi connectivity index (χ2v) is 7.64. The first-order valence-electron chi connectivity index (χ1n) is 9.52. The molecule has 0 bridgehead atoms. The molecule has 1 heterocycles. The third-order valence-electron chi connectivity index (χ3n) is 5.68. The fourth-order valence-corrected chi connectivity index (χ4v) is 3.77. The SMILES string of the molecule is Cc1ccc(C(=O)c2ccccc2C(=O)N2CCC(C(=O)O)C(C)C2)cc1C. The Morgan fingerprint density at radius 1 is 1.00 bits per heavy atom. The molecular weight excluding hydrogens is 354 g/mol. The van der Waals surface area contributed by atoms with E-state index in [0.717, 1.165) is 11.1 Å². The Morgan fingerprint density at radius 2 is 1.68 bits per heavy atom. The summed E-state index contributed by atoms with van der Waals surface area (Å²) in [6.45, 7) is 6.55. The number of likely N-dealkylation sites (tertiary alicyclic amines) is 1. The van der Waals surface area contributed by atoms with Crippen molar-refractivity contribution in [1.29, 1.82) is 0 Å². The van der Waals surface area contributed by atoms with Crippen LogP contribution in [0.15, 0.2) is 42.5 Å². The topological polar surface area (TPSA) is 74.7 Å². The number of carbonyl (C=O) groups excluding carboxylic acids is 2. The van der Waals surface area contributed by atoms with E-state index >= 15 is 0 Å². The monoisotopic (exact) mass is 379 g/mol. The van der Waals surface area contributed by atoms with Gasteiger partial charge in [0.15, 0.2) is 5.78 Å². The number of ketones is 1. The predicted molar refractivity (Wildman–Crippen MR) is 107 cm³/mol. The van der Waals surface area contributed by atoms with Crippen LogP contribution in [-0.4, -0.2) is 40.8 Å². The van der Waals surface area contributed by atoms with Gasteiger partial charge < -0.3 is 10.0 Å². The number of piperidine rings is 1. The molecule has 0 saturated carbocycles. The quantitative estimate of drug-likeness (QED) is 0.822. The Morgan fingerprint density at radius 3 is 2.29 bits per heavy atom. The van der Waals surface area contributed by atoms with Gasteiger partial charge in [0.2, 0.25) is 0 Å². The molecule has 28 heavy (non-hydrogen) atoms. The summed E-state index contributed by atoms with van der Waals surface area (Å²) in [7, 11) is 0. The maximum absolute atomic E-state index is 13.1. The van der Waals surface area contributed by atoms with E-state index in [9.17, 15) is 19.5 Å². The summed E-state index contributed by atoms with van der Waals surface area (Å²) >= 11 is 0. The lowest BCUT2D eigenvalue weighted by molar-refractivity contribution is -0.145.